The second-order valence-corrected chi connectivity index (χ2v) is 6.04. The first kappa shape index (κ1) is 15.7. The Labute approximate surface area is 132 Å². The molecule has 0 aliphatic rings. The number of hydrogen-bond acceptors (Lipinski definition) is 3. The summed E-state index contributed by atoms with van der Waals surface area (Å²) >= 11 is 3.42. The Morgan fingerprint density at radius 3 is 2.67 bits per heavy atom. The van der Waals surface area contributed by atoms with E-state index >= 15 is 0 Å². The lowest BCUT2D eigenvalue weighted by molar-refractivity contribution is -0.124. The average molecular weight is 351 g/mol. The van der Waals surface area contributed by atoms with Gasteiger partial charge in [-0.25, -0.2) is 9.67 Å². The van der Waals surface area contributed by atoms with Crippen molar-refractivity contribution >= 4 is 21.8 Å². The van der Waals surface area contributed by atoms with Gasteiger partial charge in [0.25, 0.3) is 0 Å². The maximum Gasteiger partial charge on any atom is 0.244 e. The third kappa shape index (κ3) is 4.67. The molecule has 0 saturated heterocycles. The fourth-order valence-corrected chi connectivity index (χ4v) is 2.27. The van der Waals surface area contributed by atoms with Crippen molar-refractivity contribution in [2.45, 2.75) is 38.8 Å². The molecule has 1 aromatic carbocycles. The number of carbonyl (C=O) groups excluding carboxylic acids is 1. The van der Waals surface area contributed by atoms with Crippen molar-refractivity contribution in [2.75, 3.05) is 0 Å². The van der Waals surface area contributed by atoms with Crippen LogP contribution >= 0.6 is 15.9 Å². The summed E-state index contributed by atoms with van der Waals surface area (Å²) in [5.74, 6) is -0.0381. The molecule has 0 unspecified atom stereocenters. The fraction of sp³-hybridized carbons (Fsp3) is 0.400. The van der Waals surface area contributed by atoms with Crippen LogP contribution in [0.15, 0.2) is 41.4 Å². The number of amides is 1. The molecule has 0 saturated carbocycles. The number of halogens is 1. The van der Waals surface area contributed by atoms with Crippen molar-refractivity contribution in [3.8, 4) is 0 Å². The van der Waals surface area contributed by atoms with Gasteiger partial charge in [-0.1, -0.05) is 28.1 Å². The topological polar surface area (TPSA) is 59.8 Å². The van der Waals surface area contributed by atoms with E-state index in [0.717, 1.165) is 17.3 Å². The van der Waals surface area contributed by atoms with E-state index < -0.39 is 0 Å². The zero-order chi connectivity index (χ0) is 15.2. The van der Waals surface area contributed by atoms with E-state index in [0.29, 0.717) is 0 Å². The maximum absolute atomic E-state index is 12.1. The van der Waals surface area contributed by atoms with Crippen molar-refractivity contribution < 1.29 is 4.79 Å². The second kappa shape index (κ2) is 7.36. The van der Waals surface area contributed by atoms with Gasteiger partial charge < -0.3 is 5.32 Å². The van der Waals surface area contributed by atoms with Crippen LogP contribution in [0.3, 0.4) is 0 Å². The van der Waals surface area contributed by atoms with E-state index in [1.807, 2.05) is 26.0 Å². The molecule has 1 N–H and O–H groups in total. The number of benzene rings is 1. The van der Waals surface area contributed by atoms with Gasteiger partial charge in [0.2, 0.25) is 5.91 Å². The highest BCUT2D eigenvalue weighted by Gasteiger charge is 2.17. The summed E-state index contributed by atoms with van der Waals surface area (Å²) < 4.78 is 2.63. The Morgan fingerprint density at radius 1 is 1.33 bits per heavy atom. The van der Waals surface area contributed by atoms with Crippen molar-refractivity contribution in [3.05, 3.63) is 47.0 Å². The van der Waals surface area contributed by atoms with Crippen molar-refractivity contribution in [1.29, 1.82) is 0 Å². The molecule has 5 nitrogen and oxygen atoms in total. The summed E-state index contributed by atoms with van der Waals surface area (Å²) in [6, 6.07) is 8.03. The number of nitrogens with one attached hydrogen (secondary N) is 1. The van der Waals surface area contributed by atoms with Gasteiger partial charge in [0, 0.05) is 10.5 Å². The molecule has 112 valence electrons. The van der Waals surface area contributed by atoms with Crippen molar-refractivity contribution in [2.24, 2.45) is 0 Å². The Kier molecular flexibility index (Phi) is 5.50. The van der Waals surface area contributed by atoms with Gasteiger partial charge in [-0.05, 0) is 44.4 Å². The minimum Gasteiger partial charge on any atom is -0.352 e. The molecule has 0 radical (unpaired) electrons. The summed E-state index contributed by atoms with van der Waals surface area (Å²) in [7, 11) is 0. The highest BCUT2D eigenvalue weighted by molar-refractivity contribution is 9.10. The van der Waals surface area contributed by atoms with Gasteiger partial charge >= 0.3 is 0 Å². The highest BCUT2D eigenvalue weighted by Crippen LogP contribution is 2.12. The van der Waals surface area contributed by atoms with Crippen LogP contribution in [-0.2, 0) is 11.2 Å². The van der Waals surface area contributed by atoms with Crippen molar-refractivity contribution in [3.63, 3.8) is 0 Å². The first-order valence-electron chi connectivity index (χ1n) is 6.95. The van der Waals surface area contributed by atoms with Crippen LogP contribution in [0.5, 0.6) is 0 Å². The van der Waals surface area contributed by atoms with E-state index in [4.69, 9.17) is 0 Å². The summed E-state index contributed by atoms with van der Waals surface area (Å²) in [5, 5.41) is 7.00. The lowest BCUT2D eigenvalue weighted by Gasteiger charge is -2.17. The molecule has 2 atom stereocenters. The zero-order valence-corrected chi connectivity index (χ0v) is 13.7. The predicted octanol–water partition coefficient (Wildman–Crippen LogP) is 2.74. The van der Waals surface area contributed by atoms with E-state index in [9.17, 15) is 4.79 Å². The molecule has 0 bridgehead atoms. The predicted molar refractivity (Wildman–Crippen MR) is 84.8 cm³/mol. The number of aromatic nitrogens is 3. The normalized spacial score (nSPS) is 13.7. The van der Waals surface area contributed by atoms with Gasteiger partial charge in [0.1, 0.15) is 18.7 Å². The first-order chi connectivity index (χ1) is 10.1. The van der Waals surface area contributed by atoms with Crippen molar-refractivity contribution in [1.82, 2.24) is 20.1 Å². The van der Waals surface area contributed by atoms with E-state index in [2.05, 4.69) is 43.5 Å². The summed E-state index contributed by atoms with van der Waals surface area (Å²) in [6.07, 6.45) is 4.82. The number of aryl methyl sites for hydroxylation is 1. The van der Waals surface area contributed by atoms with Crippen LogP contribution < -0.4 is 5.32 Å². The molecule has 0 aliphatic heterocycles. The second-order valence-electron chi connectivity index (χ2n) is 5.13. The standard InChI is InChI=1S/C15H19BrN4O/c1-11(3-4-13-5-7-14(16)8-6-13)19-15(21)12(2)20-10-17-9-18-20/h5-12H,3-4H2,1-2H3,(H,19,21)/t11-,12-/m0/s1. The zero-order valence-electron chi connectivity index (χ0n) is 12.2. The molecule has 0 spiro atoms. The average Bonchev–Trinajstić information content (AvgIpc) is 3.00. The molecule has 1 heterocycles. The molecule has 0 fully saturated rings. The number of hydrogen-bond donors (Lipinski definition) is 1. The van der Waals surface area contributed by atoms with Crippen LogP contribution in [0.2, 0.25) is 0 Å². The Morgan fingerprint density at radius 2 is 2.05 bits per heavy atom. The monoisotopic (exact) mass is 350 g/mol. The molecular weight excluding hydrogens is 332 g/mol. The van der Waals surface area contributed by atoms with Crippen LogP contribution in [0.1, 0.15) is 31.9 Å². The molecule has 1 amide bonds. The number of carbonyl (C=O) groups is 1. The lowest BCUT2D eigenvalue weighted by Crippen LogP contribution is -2.37. The SMILES string of the molecule is C[C@@H](CCc1ccc(Br)cc1)NC(=O)[C@H](C)n1cncn1. The molecule has 2 rings (SSSR count). The van der Waals surface area contributed by atoms with Crippen LogP contribution in [0.4, 0.5) is 0 Å². The molecule has 2 aromatic rings. The largest absolute Gasteiger partial charge is 0.352 e. The molecule has 6 heteroatoms. The van der Waals surface area contributed by atoms with Crippen LogP contribution in [0, 0.1) is 0 Å². The van der Waals surface area contributed by atoms with E-state index in [1.165, 1.54) is 11.9 Å². The van der Waals surface area contributed by atoms with Gasteiger partial charge in [0.05, 0.1) is 0 Å². The van der Waals surface area contributed by atoms with Gasteiger partial charge in [0.15, 0.2) is 0 Å². The van der Waals surface area contributed by atoms with Crippen LogP contribution in [-0.4, -0.2) is 26.7 Å². The Balaban J connectivity index is 1.80. The minimum absolute atomic E-state index is 0.0381. The summed E-state index contributed by atoms with van der Waals surface area (Å²) in [5.41, 5.74) is 1.27. The molecular formula is C15H19BrN4O. The minimum atomic E-state index is -0.345. The highest BCUT2D eigenvalue weighted by atomic mass is 79.9. The van der Waals surface area contributed by atoms with Gasteiger partial charge in [-0.15, -0.1) is 0 Å². The number of rotatable bonds is 6. The van der Waals surface area contributed by atoms with Gasteiger partial charge in [-0.2, -0.15) is 5.10 Å². The Hall–Kier alpha value is -1.69. The molecule has 1 aromatic heterocycles. The number of nitrogens with zero attached hydrogens (tertiary/aromatic N) is 3. The molecule has 21 heavy (non-hydrogen) atoms. The van der Waals surface area contributed by atoms with E-state index in [1.54, 1.807) is 11.0 Å². The smallest absolute Gasteiger partial charge is 0.244 e. The third-order valence-electron chi connectivity index (χ3n) is 3.38. The maximum atomic E-state index is 12.1. The summed E-state index contributed by atoms with van der Waals surface area (Å²) in [6.45, 7) is 3.83. The Bertz CT molecular complexity index is 568. The first-order valence-corrected chi connectivity index (χ1v) is 7.74. The van der Waals surface area contributed by atoms with Crippen LogP contribution in [0.25, 0.3) is 0 Å². The lowest BCUT2D eigenvalue weighted by atomic mass is 10.1. The molecule has 0 aliphatic carbocycles. The van der Waals surface area contributed by atoms with Gasteiger partial charge in [-0.3, -0.25) is 4.79 Å². The van der Waals surface area contributed by atoms with E-state index in [-0.39, 0.29) is 18.0 Å². The third-order valence-corrected chi connectivity index (χ3v) is 3.91. The quantitative estimate of drug-likeness (QED) is 0.871. The fourth-order valence-electron chi connectivity index (χ4n) is 2.01. The summed E-state index contributed by atoms with van der Waals surface area (Å²) in [4.78, 5) is 16.0.